The summed E-state index contributed by atoms with van der Waals surface area (Å²) in [5, 5.41) is 0.865. The van der Waals surface area contributed by atoms with Crippen LogP contribution in [0.3, 0.4) is 0 Å². The van der Waals surface area contributed by atoms with Crippen LogP contribution in [-0.2, 0) is 15.9 Å². The van der Waals surface area contributed by atoms with Crippen LogP contribution >= 0.6 is 11.6 Å². The van der Waals surface area contributed by atoms with E-state index in [1.165, 1.54) is 3.97 Å². The SMILES string of the molecule is Cc1ccc(S(=O)(=O)n2c(CCl)cc3ccccc32)cc1. The molecular weight excluding hydrogens is 306 g/mol. The van der Waals surface area contributed by atoms with Crippen molar-refractivity contribution in [2.24, 2.45) is 0 Å². The van der Waals surface area contributed by atoms with Crippen LogP contribution in [0.5, 0.6) is 0 Å². The van der Waals surface area contributed by atoms with Crippen LogP contribution in [0.4, 0.5) is 0 Å². The van der Waals surface area contributed by atoms with Gasteiger partial charge in [0.25, 0.3) is 10.0 Å². The third-order valence-corrected chi connectivity index (χ3v) is 5.49. The van der Waals surface area contributed by atoms with Gasteiger partial charge in [0.2, 0.25) is 0 Å². The van der Waals surface area contributed by atoms with E-state index >= 15 is 0 Å². The van der Waals surface area contributed by atoms with Crippen molar-refractivity contribution in [3.63, 3.8) is 0 Å². The van der Waals surface area contributed by atoms with E-state index in [0.717, 1.165) is 10.9 Å². The minimum absolute atomic E-state index is 0.139. The molecule has 0 spiro atoms. The van der Waals surface area contributed by atoms with Gasteiger partial charge in [-0.05, 0) is 31.2 Å². The second kappa shape index (κ2) is 5.20. The molecule has 2 aromatic carbocycles. The molecule has 3 rings (SSSR count). The summed E-state index contributed by atoms with van der Waals surface area (Å²) in [4.78, 5) is 0.265. The number of hydrogen-bond acceptors (Lipinski definition) is 2. The van der Waals surface area contributed by atoms with Crippen molar-refractivity contribution in [2.75, 3.05) is 0 Å². The Kier molecular flexibility index (Phi) is 3.51. The minimum atomic E-state index is -3.65. The number of rotatable bonds is 3. The van der Waals surface area contributed by atoms with Crippen molar-refractivity contribution >= 4 is 32.5 Å². The maximum Gasteiger partial charge on any atom is 0.268 e. The average Bonchev–Trinajstić information content (AvgIpc) is 2.87. The number of alkyl halides is 1. The maximum absolute atomic E-state index is 12.9. The number of hydrogen-bond donors (Lipinski definition) is 0. The Balaban J connectivity index is 2.30. The molecule has 0 aliphatic carbocycles. The molecule has 0 saturated carbocycles. The zero-order chi connectivity index (χ0) is 15.0. The predicted octanol–water partition coefficient (Wildman–Crippen LogP) is 3.93. The van der Waals surface area contributed by atoms with Gasteiger partial charge in [-0.3, -0.25) is 0 Å². The quantitative estimate of drug-likeness (QED) is 0.686. The van der Waals surface area contributed by atoms with Crippen LogP contribution in [-0.4, -0.2) is 12.4 Å². The molecule has 0 saturated heterocycles. The normalized spacial score (nSPS) is 11.9. The van der Waals surface area contributed by atoms with E-state index < -0.39 is 10.0 Å². The number of aromatic nitrogens is 1. The minimum Gasteiger partial charge on any atom is -0.237 e. The van der Waals surface area contributed by atoms with Crippen LogP contribution in [0.1, 0.15) is 11.3 Å². The first kappa shape index (κ1) is 14.2. The Morgan fingerprint density at radius 1 is 1.05 bits per heavy atom. The molecule has 0 radical (unpaired) electrons. The summed E-state index contributed by atoms with van der Waals surface area (Å²) in [5.74, 6) is 0.139. The molecule has 3 aromatic rings. The highest BCUT2D eigenvalue weighted by molar-refractivity contribution is 7.90. The first-order valence-electron chi connectivity index (χ1n) is 6.51. The van der Waals surface area contributed by atoms with Crippen LogP contribution in [0, 0.1) is 6.92 Å². The van der Waals surface area contributed by atoms with Gasteiger partial charge in [-0.2, -0.15) is 0 Å². The largest absolute Gasteiger partial charge is 0.268 e. The number of nitrogens with zero attached hydrogens (tertiary/aromatic N) is 1. The summed E-state index contributed by atoms with van der Waals surface area (Å²) < 4.78 is 27.1. The van der Waals surface area contributed by atoms with Gasteiger partial charge in [-0.25, -0.2) is 12.4 Å². The van der Waals surface area contributed by atoms with Gasteiger partial charge in [0.15, 0.2) is 0 Å². The molecule has 21 heavy (non-hydrogen) atoms. The number of fused-ring (bicyclic) bond motifs is 1. The zero-order valence-corrected chi connectivity index (χ0v) is 13.0. The lowest BCUT2D eigenvalue weighted by Crippen LogP contribution is -2.15. The number of benzene rings is 2. The molecule has 0 amide bonds. The van der Waals surface area contributed by atoms with Crippen LogP contribution in [0.15, 0.2) is 59.5 Å². The van der Waals surface area contributed by atoms with Gasteiger partial charge in [-0.15, -0.1) is 11.6 Å². The van der Waals surface area contributed by atoms with E-state index in [1.54, 1.807) is 30.3 Å². The third-order valence-electron chi connectivity index (χ3n) is 3.43. The molecule has 0 aliphatic heterocycles. The van der Waals surface area contributed by atoms with Gasteiger partial charge in [0, 0.05) is 5.39 Å². The number of aryl methyl sites for hydroxylation is 1. The third kappa shape index (κ3) is 2.34. The molecular formula is C16H14ClNO2S. The lowest BCUT2D eigenvalue weighted by molar-refractivity contribution is 0.588. The van der Waals surface area contributed by atoms with Crippen LogP contribution in [0.2, 0.25) is 0 Å². The highest BCUT2D eigenvalue weighted by atomic mass is 35.5. The molecule has 5 heteroatoms. The molecule has 0 atom stereocenters. The second-order valence-electron chi connectivity index (χ2n) is 4.91. The fourth-order valence-electron chi connectivity index (χ4n) is 2.38. The van der Waals surface area contributed by atoms with Crippen molar-refractivity contribution in [3.8, 4) is 0 Å². The molecule has 3 nitrogen and oxygen atoms in total. The van der Waals surface area contributed by atoms with E-state index in [-0.39, 0.29) is 10.8 Å². The van der Waals surface area contributed by atoms with Crippen molar-refractivity contribution in [3.05, 3.63) is 65.9 Å². The number of halogens is 1. The summed E-state index contributed by atoms with van der Waals surface area (Å²) in [5.41, 5.74) is 2.23. The lowest BCUT2D eigenvalue weighted by Gasteiger charge is -2.11. The van der Waals surface area contributed by atoms with Crippen molar-refractivity contribution in [1.82, 2.24) is 3.97 Å². The fraction of sp³-hybridized carbons (Fsp3) is 0.125. The standard InChI is InChI=1S/C16H14ClNO2S/c1-12-6-8-15(9-7-12)21(19,20)18-14(11-17)10-13-4-2-3-5-16(13)18/h2-10H,11H2,1H3. The van der Waals surface area contributed by atoms with Gasteiger partial charge in [0.1, 0.15) is 0 Å². The molecule has 0 fully saturated rings. The Morgan fingerprint density at radius 3 is 2.38 bits per heavy atom. The zero-order valence-electron chi connectivity index (χ0n) is 11.5. The first-order valence-corrected chi connectivity index (χ1v) is 8.49. The Labute approximate surface area is 128 Å². The van der Waals surface area contributed by atoms with Crippen molar-refractivity contribution in [1.29, 1.82) is 0 Å². The van der Waals surface area contributed by atoms with Gasteiger partial charge in [-0.1, -0.05) is 35.9 Å². The van der Waals surface area contributed by atoms with E-state index in [0.29, 0.717) is 11.2 Å². The summed E-state index contributed by atoms with van der Waals surface area (Å²) in [6, 6.07) is 16.0. The Bertz CT molecular complexity index is 896. The van der Waals surface area contributed by atoms with E-state index in [4.69, 9.17) is 11.6 Å². The molecule has 108 valence electrons. The average molecular weight is 320 g/mol. The Hall–Kier alpha value is -1.78. The summed E-state index contributed by atoms with van der Waals surface area (Å²) >= 11 is 5.94. The maximum atomic E-state index is 12.9. The lowest BCUT2D eigenvalue weighted by atomic mass is 10.2. The number of para-hydroxylation sites is 1. The monoisotopic (exact) mass is 319 g/mol. The summed E-state index contributed by atoms with van der Waals surface area (Å²) in [6.07, 6.45) is 0. The summed E-state index contributed by atoms with van der Waals surface area (Å²) in [6.45, 7) is 1.92. The fourth-order valence-corrected chi connectivity index (χ4v) is 4.19. The Morgan fingerprint density at radius 2 is 1.71 bits per heavy atom. The molecule has 0 N–H and O–H groups in total. The van der Waals surface area contributed by atoms with E-state index in [9.17, 15) is 8.42 Å². The van der Waals surface area contributed by atoms with Gasteiger partial charge >= 0.3 is 0 Å². The van der Waals surface area contributed by atoms with Crippen molar-refractivity contribution in [2.45, 2.75) is 17.7 Å². The molecule has 0 bridgehead atoms. The molecule has 1 aromatic heterocycles. The smallest absolute Gasteiger partial charge is 0.237 e. The summed E-state index contributed by atoms with van der Waals surface area (Å²) in [7, 11) is -3.65. The van der Waals surface area contributed by atoms with Gasteiger partial charge < -0.3 is 0 Å². The molecule has 0 unspecified atom stereocenters. The van der Waals surface area contributed by atoms with E-state index in [2.05, 4.69) is 0 Å². The van der Waals surface area contributed by atoms with Crippen molar-refractivity contribution < 1.29 is 8.42 Å². The van der Waals surface area contributed by atoms with Crippen LogP contribution in [0.25, 0.3) is 10.9 Å². The highest BCUT2D eigenvalue weighted by Crippen LogP contribution is 2.26. The molecule has 0 aliphatic rings. The predicted molar refractivity (Wildman–Crippen MR) is 85.3 cm³/mol. The van der Waals surface area contributed by atoms with Crippen LogP contribution < -0.4 is 0 Å². The second-order valence-corrected chi connectivity index (χ2v) is 6.96. The van der Waals surface area contributed by atoms with E-state index in [1.807, 2.05) is 31.2 Å². The first-order chi connectivity index (χ1) is 10.0. The molecule has 1 heterocycles. The topological polar surface area (TPSA) is 39.1 Å². The highest BCUT2D eigenvalue weighted by Gasteiger charge is 2.22. The van der Waals surface area contributed by atoms with Gasteiger partial charge in [0.05, 0.1) is 22.0 Å².